The Bertz CT molecular complexity index is 505. The van der Waals surface area contributed by atoms with Crippen LogP contribution < -0.4 is 5.32 Å². The number of hydrogen-bond donors (Lipinski definition) is 1. The van der Waals surface area contributed by atoms with Crippen LogP contribution >= 0.6 is 0 Å². The molecule has 1 fully saturated rings. The molecule has 0 bridgehead atoms. The molecule has 1 heterocycles. The summed E-state index contributed by atoms with van der Waals surface area (Å²) in [4.78, 5) is 0.415. The SMILES string of the molecule is CCCNCc1ccc(S(=O)(=O)N2CCCCC2)cc1. The third-order valence-corrected chi connectivity index (χ3v) is 5.54. The van der Waals surface area contributed by atoms with E-state index in [-0.39, 0.29) is 0 Å². The molecule has 1 N–H and O–H groups in total. The van der Waals surface area contributed by atoms with Crippen molar-refractivity contribution in [2.75, 3.05) is 19.6 Å². The average molecular weight is 296 g/mol. The predicted molar refractivity (Wildman–Crippen MR) is 81.0 cm³/mol. The number of hydrogen-bond acceptors (Lipinski definition) is 3. The summed E-state index contributed by atoms with van der Waals surface area (Å²) in [6.07, 6.45) is 4.17. The van der Waals surface area contributed by atoms with Crippen molar-refractivity contribution >= 4 is 10.0 Å². The molecule has 0 spiro atoms. The van der Waals surface area contributed by atoms with E-state index in [9.17, 15) is 8.42 Å². The van der Waals surface area contributed by atoms with Gasteiger partial charge in [-0.3, -0.25) is 0 Å². The molecule has 5 heteroatoms. The fraction of sp³-hybridized carbons (Fsp3) is 0.600. The molecular weight excluding hydrogens is 272 g/mol. The molecule has 112 valence electrons. The van der Waals surface area contributed by atoms with Crippen LogP contribution in [0.15, 0.2) is 29.2 Å². The summed E-state index contributed by atoms with van der Waals surface area (Å²) in [6, 6.07) is 7.26. The first-order valence-corrected chi connectivity index (χ1v) is 8.88. The lowest BCUT2D eigenvalue weighted by Crippen LogP contribution is -2.35. The van der Waals surface area contributed by atoms with Crippen molar-refractivity contribution in [3.05, 3.63) is 29.8 Å². The molecule has 1 aliphatic heterocycles. The van der Waals surface area contributed by atoms with Crippen molar-refractivity contribution in [3.8, 4) is 0 Å². The van der Waals surface area contributed by atoms with E-state index in [0.717, 1.165) is 44.3 Å². The smallest absolute Gasteiger partial charge is 0.243 e. The zero-order chi connectivity index (χ0) is 14.4. The van der Waals surface area contributed by atoms with Crippen molar-refractivity contribution in [2.45, 2.75) is 44.0 Å². The van der Waals surface area contributed by atoms with Gasteiger partial charge in [0.25, 0.3) is 0 Å². The van der Waals surface area contributed by atoms with Crippen molar-refractivity contribution in [2.24, 2.45) is 0 Å². The minimum absolute atomic E-state index is 0.415. The molecule has 4 nitrogen and oxygen atoms in total. The Balaban J connectivity index is 2.04. The number of nitrogens with one attached hydrogen (secondary N) is 1. The predicted octanol–water partition coefficient (Wildman–Crippen LogP) is 2.36. The molecule has 0 radical (unpaired) electrons. The highest BCUT2D eigenvalue weighted by Crippen LogP contribution is 2.20. The van der Waals surface area contributed by atoms with E-state index >= 15 is 0 Å². The van der Waals surface area contributed by atoms with E-state index in [4.69, 9.17) is 0 Å². The maximum Gasteiger partial charge on any atom is 0.243 e. The molecule has 0 saturated carbocycles. The molecule has 2 rings (SSSR count). The zero-order valence-electron chi connectivity index (χ0n) is 12.1. The summed E-state index contributed by atoms with van der Waals surface area (Å²) in [5, 5.41) is 3.31. The van der Waals surface area contributed by atoms with E-state index in [2.05, 4.69) is 12.2 Å². The molecule has 0 aromatic heterocycles. The van der Waals surface area contributed by atoms with Crippen LogP contribution in [0.4, 0.5) is 0 Å². The Hall–Kier alpha value is -0.910. The van der Waals surface area contributed by atoms with Crippen LogP contribution in [-0.4, -0.2) is 32.4 Å². The fourth-order valence-corrected chi connectivity index (χ4v) is 3.96. The Kier molecular flexibility index (Phi) is 5.57. The first kappa shape index (κ1) is 15.5. The molecule has 1 aromatic carbocycles. The van der Waals surface area contributed by atoms with Crippen molar-refractivity contribution in [1.29, 1.82) is 0 Å². The maximum atomic E-state index is 12.5. The lowest BCUT2D eigenvalue weighted by Gasteiger charge is -2.25. The Morgan fingerprint density at radius 1 is 1.10 bits per heavy atom. The van der Waals surface area contributed by atoms with Crippen molar-refractivity contribution in [3.63, 3.8) is 0 Å². The second-order valence-corrected chi connectivity index (χ2v) is 7.22. The van der Waals surface area contributed by atoms with Gasteiger partial charge in [-0.25, -0.2) is 8.42 Å². The van der Waals surface area contributed by atoms with Gasteiger partial charge in [0.2, 0.25) is 10.0 Å². The van der Waals surface area contributed by atoms with E-state index < -0.39 is 10.0 Å². The highest BCUT2D eigenvalue weighted by molar-refractivity contribution is 7.89. The minimum atomic E-state index is -3.29. The summed E-state index contributed by atoms with van der Waals surface area (Å²) >= 11 is 0. The molecule has 1 aliphatic rings. The van der Waals surface area contributed by atoms with Gasteiger partial charge in [-0.05, 0) is 43.5 Å². The maximum absolute atomic E-state index is 12.5. The van der Waals surface area contributed by atoms with Gasteiger partial charge in [-0.15, -0.1) is 0 Å². The van der Waals surface area contributed by atoms with Crippen molar-refractivity contribution in [1.82, 2.24) is 9.62 Å². The summed E-state index contributed by atoms with van der Waals surface area (Å²) in [5.41, 5.74) is 1.12. The number of sulfonamides is 1. The summed E-state index contributed by atoms with van der Waals surface area (Å²) in [6.45, 7) is 5.21. The number of piperidine rings is 1. The monoisotopic (exact) mass is 296 g/mol. The molecule has 0 aliphatic carbocycles. The number of rotatable bonds is 6. The summed E-state index contributed by atoms with van der Waals surface area (Å²) in [5.74, 6) is 0. The second-order valence-electron chi connectivity index (χ2n) is 5.29. The summed E-state index contributed by atoms with van der Waals surface area (Å²) < 4.78 is 26.6. The molecule has 0 unspecified atom stereocenters. The van der Waals surface area contributed by atoms with Crippen LogP contribution in [0, 0.1) is 0 Å². The fourth-order valence-electron chi connectivity index (χ4n) is 2.44. The topological polar surface area (TPSA) is 49.4 Å². The molecule has 20 heavy (non-hydrogen) atoms. The van der Waals surface area contributed by atoms with Crippen molar-refractivity contribution < 1.29 is 8.42 Å². The highest BCUT2D eigenvalue weighted by Gasteiger charge is 2.25. The van der Waals surface area contributed by atoms with Crippen LogP contribution in [0.2, 0.25) is 0 Å². The standard InChI is InChI=1S/C15H24N2O2S/c1-2-10-16-13-14-6-8-15(9-7-14)20(18,19)17-11-4-3-5-12-17/h6-9,16H,2-5,10-13H2,1H3. The highest BCUT2D eigenvalue weighted by atomic mass is 32.2. The van der Waals surface area contributed by atoms with Gasteiger partial charge >= 0.3 is 0 Å². The van der Waals surface area contributed by atoms with E-state index in [0.29, 0.717) is 18.0 Å². The molecule has 1 aromatic rings. The lowest BCUT2D eigenvalue weighted by atomic mass is 10.2. The van der Waals surface area contributed by atoms with Gasteiger partial charge in [-0.2, -0.15) is 4.31 Å². The van der Waals surface area contributed by atoms with Crippen LogP contribution in [0.1, 0.15) is 38.2 Å². The zero-order valence-corrected chi connectivity index (χ0v) is 13.0. The van der Waals surface area contributed by atoms with Gasteiger partial charge < -0.3 is 5.32 Å². The Morgan fingerprint density at radius 2 is 1.75 bits per heavy atom. The molecular formula is C15H24N2O2S. The largest absolute Gasteiger partial charge is 0.313 e. The number of benzene rings is 1. The first-order chi connectivity index (χ1) is 9.64. The summed E-state index contributed by atoms with van der Waals surface area (Å²) in [7, 11) is -3.29. The van der Waals surface area contributed by atoms with Gasteiger partial charge in [0.05, 0.1) is 4.90 Å². The van der Waals surface area contributed by atoms with Crippen LogP contribution in [0.3, 0.4) is 0 Å². The Morgan fingerprint density at radius 3 is 2.35 bits per heavy atom. The van der Waals surface area contributed by atoms with E-state index in [1.165, 1.54) is 0 Å². The van der Waals surface area contributed by atoms with Gasteiger partial charge in [0.1, 0.15) is 0 Å². The van der Waals surface area contributed by atoms with Gasteiger partial charge in [0, 0.05) is 19.6 Å². The van der Waals surface area contributed by atoms with Crippen LogP contribution in [-0.2, 0) is 16.6 Å². The van der Waals surface area contributed by atoms with Gasteiger partial charge in [-0.1, -0.05) is 25.5 Å². The van der Waals surface area contributed by atoms with E-state index in [1.807, 2.05) is 12.1 Å². The molecule has 0 atom stereocenters. The Labute approximate surface area is 122 Å². The molecule has 1 saturated heterocycles. The number of nitrogens with zero attached hydrogens (tertiary/aromatic N) is 1. The van der Waals surface area contributed by atoms with Crippen LogP contribution in [0.25, 0.3) is 0 Å². The average Bonchev–Trinajstić information content (AvgIpc) is 2.49. The lowest BCUT2D eigenvalue weighted by molar-refractivity contribution is 0.346. The first-order valence-electron chi connectivity index (χ1n) is 7.44. The minimum Gasteiger partial charge on any atom is -0.313 e. The van der Waals surface area contributed by atoms with E-state index in [1.54, 1.807) is 16.4 Å². The van der Waals surface area contributed by atoms with Gasteiger partial charge in [0.15, 0.2) is 0 Å². The normalized spacial score (nSPS) is 17.2. The quantitative estimate of drug-likeness (QED) is 0.820. The second kappa shape index (κ2) is 7.20. The molecule has 0 amide bonds. The van der Waals surface area contributed by atoms with Crippen LogP contribution in [0.5, 0.6) is 0 Å². The third kappa shape index (κ3) is 3.81. The third-order valence-electron chi connectivity index (χ3n) is 3.63.